The third kappa shape index (κ3) is 8.30. The lowest BCUT2D eigenvalue weighted by molar-refractivity contribution is -0.142. The van der Waals surface area contributed by atoms with E-state index in [-0.39, 0.29) is 18.6 Å². The van der Waals surface area contributed by atoms with E-state index >= 15 is 0 Å². The molecule has 3 rings (SSSR count). The fourth-order valence-electron chi connectivity index (χ4n) is 4.03. The molecule has 1 fully saturated rings. The van der Waals surface area contributed by atoms with Crippen LogP contribution in [0.1, 0.15) is 30.5 Å². The Morgan fingerprint density at radius 3 is 2.26 bits per heavy atom. The predicted molar refractivity (Wildman–Crippen MR) is 132 cm³/mol. The van der Waals surface area contributed by atoms with Crippen LogP contribution in [0.15, 0.2) is 36.8 Å². The molecule has 1 aromatic carbocycles. The second kappa shape index (κ2) is 13.2. The molecule has 14 nitrogen and oxygen atoms in total. The maximum Gasteiger partial charge on any atom is 0.326 e. The highest BCUT2D eigenvalue weighted by atomic mass is 16.4. The van der Waals surface area contributed by atoms with Crippen molar-refractivity contribution in [1.82, 2.24) is 31.2 Å². The number of nitrogens with one attached hydrogen (secondary N) is 5. The molecule has 4 atom stereocenters. The minimum absolute atomic E-state index is 0.0209. The number of nitrogens with zero attached hydrogens (tertiary/aromatic N) is 1. The average molecular weight is 530 g/mol. The van der Waals surface area contributed by atoms with Crippen molar-refractivity contribution in [2.75, 3.05) is 6.54 Å². The van der Waals surface area contributed by atoms with Gasteiger partial charge < -0.3 is 42.2 Å². The van der Waals surface area contributed by atoms with E-state index in [2.05, 4.69) is 31.2 Å². The molecule has 0 saturated carbocycles. The van der Waals surface area contributed by atoms with Gasteiger partial charge in [-0.2, -0.15) is 0 Å². The lowest BCUT2D eigenvalue weighted by Gasteiger charge is -2.25. The Kier molecular flexibility index (Phi) is 9.76. The van der Waals surface area contributed by atoms with Crippen LogP contribution < -0.4 is 27.0 Å². The monoisotopic (exact) mass is 529 g/mol. The normalized spacial score (nSPS) is 17.1. The van der Waals surface area contributed by atoms with Crippen LogP contribution in [0.4, 0.5) is 0 Å². The molecule has 0 spiro atoms. The number of benzene rings is 1. The summed E-state index contributed by atoms with van der Waals surface area (Å²) in [6, 6.07) is 1.53. The van der Waals surface area contributed by atoms with Crippen molar-refractivity contribution >= 4 is 29.6 Å². The molecule has 2 aromatic rings. The molecule has 9 N–H and O–H groups in total. The molecule has 4 amide bonds. The van der Waals surface area contributed by atoms with Crippen molar-refractivity contribution in [3.63, 3.8) is 0 Å². The predicted octanol–water partition coefficient (Wildman–Crippen LogP) is -1.93. The number of amides is 4. The number of aliphatic carboxylic acids is 1. The Balaban J connectivity index is 1.75. The summed E-state index contributed by atoms with van der Waals surface area (Å²) in [5.74, 6) is -4.32. The Morgan fingerprint density at radius 2 is 1.68 bits per heavy atom. The van der Waals surface area contributed by atoms with Gasteiger partial charge in [-0.05, 0) is 37.1 Å². The minimum atomic E-state index is -1.49. The van der Waals surface area contributed by atoms with E-state index in [1.807, 2.05) is 0 Å². The first-order valence-corrected chi connectivity index (χ1v) is 12.0. The number of primary amides is 1. The Labute approximate surface area is 217 Å². The molecule has 204 valence electrons. The third-order valence-corrected chi connectivity index (χ3v) is 6.02. The number of H-pyrrole nitrogens is 1. The lowest BCUT2D eigenvalue weighted by Crippen LogP contribution is -2.58. The third-order valence-electron chi connectivity index (χ3n) is 6.02. The second-order valence-electron chi connectivity index (χ2n) is 8.99. The van der Waals surface area contributed by atoms with E-state index in [9.17, 15) is 34.2 Å². The standard InChI is InChI=1S/C24H31N7O7/c25-20(33)10-18(23(36)31-19(24(37)38)9-14-11-26-12-28-14)30-22(35)17(8-13-3-5-15(32)6-4-13)29-21(34)16-2-1-7-27-16/h3-6,11-12,16-19,27,32H,1-2,7-10H2,(H2,25,33)(H,26,28)(H,29,34)(H,30,35)(H,31,36)(H,37,38). The van der Waals surface area contributed by atoms with Gasteiger partial charge in [0.1, 0.15) is 23.9 Å². The Bertz CT molecular complexity index is 1130. The van der Waals surface area contributed by atoms with E-state index < -0.39 is 60.2 Å². The summed E-state index contributed by atoms with van der Waals surface area (Å²) in [7, 11) is 0. The van der Waals surface area contributed by atoms with Crippen LogP contribution in [0, 0.1) is 0 Å². The number of aromatic nitrogens is 2. The first kappa shape index (κ1) is 28.1. The summed E-state index contributed by atoms with van der Waals surface area (Å²) >= 11 is 0. The number of aromatic hydroxyl groups is 1. The Morgan fingerprint density at radius 1 is 1.00 bits per heavy atom. The molecule has 14 heteroatoms. The molecular formula is C24H31N7O7. The first-order chi connectivity index (χ1) is 18.1. The molecule has 0 bridgehead atoms. The fraction of sp³-hybridized carbons (Fsp3) is 0.417. The van der Waals surface area contributed by atoms with E-state index in [4.69, 9.17) is 5.73 Å². The van der Waals surface area contributed by atoms with E-state index in [1.54, 1.807) is 12.1 Å². The molecule has 1 aliphatic heterocycles. The highest BCUT2D eigenvalue weighted by Gasteiger charge is 2.32. The van der Waals surface area contributed by atoms with Gasteiger partial charge >= 0.3 is 5.97 Å². The highest BCUT2D eigenvalue weighted by Crippen LogP contribution is 2.13. The summed E-state index contributed by atoms with van der Waals surface area (Å²) in [5.41, 5.74) is 6.35. The SMILES string of the molecule is NC(=O)CC(NC(=O)C(Cc1ccc(O)cc1)NC(=O)C1CCCN1)C(=O)NC(Cc1cnc[nH]1)C(=O)O. The van der Waals surface area contributed by atoms with Gasteiger partial charge in [0.05, 0.1) is 18.8 Å². The molecule has 1 saturated heterocycles. The first-order valence-electron chi connectivity index (χ1n) is 12.0. The van der Waals surface area contributed by atoms with Crippen molar-refractivity contribution in [2.24, 2.45) is 5.73 Å². The van der Waals surface area contributed by atoms with E-state index in [1.165, 1.54) is 24.7 Å². The van der Waals surface area contributed by atoms with Crippen LogP contribution in [0.25, 0.3) is 0 Å². The van der Waals surface area contributed by atoms with Crippen LogP contribution in [0.5, 0.6) is 5.75 Å². The van der Waals surface area contributed by atoms with Crippen LogP contribution in [-0.4, -0.2) is 80.5 Å². The molecule has 0 aliphatic carbocycles. The number of phenolic OH excluding ortho intramolecular Hbond substituents is 1. The van der Waals surface area contributed by atoms with E-state index in [0.29, 0.717) is 24.2 Å². The van der Waals surface area contributed by atoms with Crippen LogP contribution in [0.3, 0.4) is 0 Å². The average Bonchev–Trinajstić information content (AvgIpc) is 3.58. The fourth-order valence-corrected chi connectivity index (χ4v) is 4.03. The smallest absolute Gasteiger partial charge is 0.326 e. The molecule has 38 heavy (non-hydrogen) atoms. The van der Waals surface area contributed by atoms with Gasteiger partial charge in [-0.3, -0.25) is 19.2 Å². The number of hydrogen-bond acceptors (Lipinski definition) is 8. The largest absolute Gasteiger partial charge is 0.508 e. The number of rotatable bonds is 13. The van der Waals surface area contributed by atoms with Gasteiger partial charge in [0.2, 0.25) is 23.6 Å². The van der Waals surface area contributed by atoms with Gasteiger partial charge in [-0.15, -0.1) is 0 Å². The number of aromatic amines is 1. The van der Waals surface area contributed by atoms with Gasteiger partial charge in [0.25, 0.3) is 0 Å². The van der Waals surface area contributed by atoms with Gasteiger partial charge in [-0.25, -0.2) is 9.78 Å². The molecule has 2 heterocycles. The number of carbonyl (C=O) groups is 5. The Hall–Kier alpha value is -4.46. The van der Waals surface area contributed by atoms with Crippen molar-refractivity contribution in [3.05, 3.63) is 48.0 Å². The van der Waals surface area contributed by atoms with Crippen molar-refractivity contribution in [1.29, 1.82) is 0 Å². The maximum atomic E-state index is 13.3. The summed E-state index contributed by atoms with van der Waals surface area (Å²) < 4.78 is 0. The summed E-state index contributed by atoms with van der Waals surface area (Å²) in [6.45, 7) is 0.664. The number of carbonyl (C=O) groups excluding carboxylic acids is 4. The number of carboxylic acid groups (broad SMARTS) is 1. The maximum absolute atomic E-state index is 13.3. The van der Waals surface area contributed by atoms with Crippen LogP contribution in [-0.2, 0) is 36.8 Å². The van der Waals surface area contributed by atoms with Crippen LogP contribution in [0.2, 0.25) is 0 Å². The summed E-state index contributed by atoms with van der Waals surface area (Å²) in [6.07, 6.45) is 3.46. The number of hydrogen-bond donors (Lipinski definition) is 8. The lowest BCUT2D eigenvalue weighted by atomic mass is 10.0. The zero-order chi connectivity index (χ0) is 27.7. The summed E-state index contributed by atoms with van der Waals surface area (Å²) in [4.78, 5) is 68.9. The van der Waals surface area contributed by atoms with Crippen molar-refractivity contribution in [3.8, 4) is 5.75 Å². The molecule has 0 radical (unpaired) electrons. The highest BCUT2D eigenvalue weighted by molar-refractivity contribution is 5.96. The number of carboxylic acids is 1. The zero-order valence-corrected chi connectivity index (χ0v) is 20.5. The van der Waals surface area contributed by atoms with Gasteiger partial charge in [-0.1, -0.05) is 12.1 Å². The minimum Gasteiger partial charge on any atom is -0.508 e. The molecule has 1 aromatic heterocycles. The topological polar surface area (TPSA) is 229 Å². The second-order valence-corrected chi connectivity index (χ2v) is 8.99. The van der Waals surface area contributed by atoms with Gasteiger partial charge in [0, 0.05) is 24.7 Å². The zero-order valence-electron chi connectivity index (χ0n) is 20.5. The number of nitrogens with two attached hydrogens (primary N) is 1. The quantitative estimate of drug-likeness (QED) is 0.144. The molecule has 4 unspecified atom stereocenters. The number of imidazole rings is 1. The van der Waals surface area contributed by atoms with Crippen molar-refractivity contribution < 1.29 is 34.2 Å². The van der Waals surface area contributed by atoms with Crippen molar-refractivity contribution in [2.45, 2.75) is 56.3 Å². The number of phenols is 1. The molecule has 1 aliphatic rings. The van der Waals surface area contributed by atoms with Crippen LogP contribution >= 0.6 is 0 Å². The summed E-state index contributed by atoms with van der Waals surface area (Å²) in [5, 5.41) is 29.6. The van der Waals surface area contributed by atoms with E-state index in [0.717, 1.165) is 6.42 Å². The van der Waals surface area contributed by atoms with Gasteiger partial charge in [0.15, 0.2) is 0 Å². The molecular weight excluding hydrogens is 498 g/mol.